The van der Waals surface area contributed by atoms with Crippen molar-refractivity contribution in [3.8, 4) is 5.75 Å². The van der Waals surface area contributed by atoms with E-state index in [2.05, 4.69) is 5.32 Å². The lowest BCUT2D eigenvalue weighted by atomic mass is 10.1. The van der Waals surface area contributed by atoms with E-state index in [4.69, 9.17) is 27.9 Å². The Kier molecular flexibility index (Phi) is 5.52. The Morgan fingerprint density at radius 2 is 2.25 bits per heavy atom. The molecule has 1 aromatic carbocycles. The number of nitrogens with zero attached hydrogens (tertiary/aromatic N) is 1. The molecule has 0 spiro atoms. The first-order valence-electron chi connectivity index (χ1n) is 6.60. The average Bonchev–Trinajstić information content (AvgIpc) is 2.89. The Hall–Kier alpha value is -0.970. The van der Waals surface area contributed by atoms with Gasteiger partial charge in [0, 0.05) is 19.2 Å². The highest BCUT2D eigenvalue weighted by atomic mass is 35.5. The minimum atomic E-state index is 0.00896. The summed E-state index contributed by atoms with van der Waals surface area (Å²) in [6.07, 6.45) is 1.04. The van der Waals surface area contributed by atoms with Gasteiger partial charge < -0.3 is 15.0 Å². The van der Waals surface area contributed by atoms with Crippen LogP contribution in [0.2, 0.25) is 10.0 Å². The standard InChI is InChI=1S/C14H18Cl2N2O2/c1-17-7-10-4-5-18(8-10)14(19)9-20-11-2-3-12(15)13(16)6-11/h2-3,6,10,17H,4-5,7-9H2,1H3/t10-/m0/s1. The molecule has 1 saturated heterocycles. The number of nitrogens with one attached hydrogen (secondary N) is 1. The molecule has 1 aliphatic heterocycles. The molecule has 0 bridgehead atoms. The van der Waals surface area contributed by atoms with E-state index in [1.54, 1.807) is 18.2 Å². The summed E-state index contributed by atoms with van der Waals surface area (Å²) in [5.41, 5.74) is 0. The van der Waals surface area contributed by atoms with Crippen LogP contribution in [0.3, 0.4) is 0 Å². The second-order valence-corrected chi connectivity index (χ2v) is 5.73. The molecule has 1 N–H and O–H groups in total. The average molecular weight is 317 g/mol. The Bertz CT molecular complexity index is 482. The minimum absolute atomic E-state index is 0.00896. The first-order chi connectivity index (χ1) is 9.60. The number of rotatable bonds is 5. The number of hydrogen-bond acceptors (Lipinski definition) is 3. The predicted octanol–water partition coefficient (Wildman–Crippen LogP) is 2.44. The van der Waals surface area contributed by atoms with Gasteiger partial charge in [-0.15, -0.1) is 0 Å². The highest BCUT2D eigenvalue weighted by Crippen LogP contribution is 2.26. The van der Waals surface area contributed by atoms with Gasteiger partial charge in [-0.05, 0) is 38.1 Å². The third-order valence-electron chi connectivity index (χ3n) is 3.38. The molecular formula is C14H18Cl2N2O2. The summed E-state index contributed by atoms with van der Waals surface area (Å²) >= 11 is 11.7. The van der Waals surface area contributed by atoms with Gasteiger partial charge in [0.15, 0.2) is 6.61 Å². The topological polar surface area (TPSA) is 41.6 Å². The van der Waals surface area contributed by atoms with Crippen LogP contribution in [0.4, 0.5) is 0 Å². The van der Waals surface area contributed by atoms with Crippen LogP contribution in [-0.2, 0) is 4.79 Å². The number of halogens is 2. The smallest absolute Gasteiger partial charge is 0.260 e. The molecule has 4 nitrogen and oxygen atoms in total. The van der Waals surface area contributed by atoms with E-state index in [0.29, 0.717) is 21.7 Å². The van der Waals surface area contributed by atoms with Crippen LogP contribution in [0, 0.1) is 5.92 Å². The molecule has 1 aliphatic rings. The molecule has 1 atom stereocenters. The van der Waals surface area contributed by atoms with Gasteiger partial charge in [-0.3, -0.25) is 4.79 Å². The van der Waals surface area contributed by atoms with Crippen LogP contribution < -0.4 is 10.1 Å². The zero-order valence-corrected chi connectivity index (χ0v) is 12.9. The largest absolute Gasteiger partial charge is 0.484 e. The normalized spacial score (nSPS) is 18.4. The maximum Gasteiger partial charge on any atom is 0.260 e. The lowest BCUT2D eigenvalue weighted by Gasteiger charge is -2.17. The minimum Gasteiger partial charge on any atom is -0.484 e. The fourth-order valence-electron chi connectivity index (χ4n) is 2.32. The quantitative estimate of drug-likeness (QED) is 0.907. The number of ether oxygens (including phenoxy) is 1. The third kappa shape index (κ3) is 4.01. The van der Waals surface area contributed by atoms with Crippen molar-refractivity contribution in [2.75, 3.05) is 33.3 Å². The number of amides is 1. The summed E-state index contributed by atoms with van der Waals surface area (Å²) in [6.45, 7) is 2.57. The Morgan fingerprint density at radius 3 is 2.95 bits per heavy atom. The van der Waals surface area contributed by atoms with Crippen molar-refractivity contribution in [2.24, 2.45) is 5.92 Å². The molecule has 0 saturated carbocycles. The van der Waals surface area contributed by atoms with Crippen LogP contribution in [0.15, 0.2) is 18.2 Å². The van der Waals surface area contributed by atoms with Gasteiger partial charge in [0.2, 0.25) is 0 Å². The first kappa shape index (κ1) is 15.4. The number of likely N-dealkylation sites (tertiary alicyclic amines) is 1. The van der Waals surface area contributed by atoms with Crippen LogP contribution >= 0.6 is 23.2 Å². The molecule has 6 heteroatoms. The van der Waals surface area contributed by atoms with Crippen molar-refractivity contribution < 1.29 is 9.53 Å². The van der Waals surface area contributed by atoms with E-state index < -0.39 is 0 Å². The fourth-order valence-corrected chi connectivity index (χ4v) is 2.61. The molecular weight excluding hydrogens is 299 g/mol. The van der Waals surface area contributed by atoms with Crippen molar-refractivity contribution >= 4 is 29.1 Å². The second kappa shape index (κ2) is 7.16. The zero-order chi connectivity index (χ0) is 14.5. The van der Waals surface area contributed by atoms with Gasteiger partial charge in [0.05, 0.1) is 10.0 Å². The van der Waals surface area contributed by atoms with E-state index in [9.17, 15) is 4.79 Å². The number of carbonyl (C=O) groups is 1. The van der Waals surface area contributed by atoms with Crippen LogP contribution in [0.25, 0.3) is 0 Å². The molecule has 0 radical (unpaired) electrons. The predicted molar refractivity (Wildman–Crippen MR) is 80.6 cm³/mol. The van der Waals surface area contributed by atoms with Crippen molar-refractivity contribution in [2.45, 2.75) is 6.42 Å². The molecule has 110 valence electrons. The van der Waals surface area contributed by atoms with Crippen LogP contribution in [0.1, 0.15) is 6.42 Å². The zero-order valence-electron chi connectivity index (χ0n) is 11.4. The Balaban J connectivity index is 1.82. The number of benzene rings is 1. The van der Waals surface area contributed by atoms with Gasteiger partial charge in [0.25, 0.3) is 5.91 Å². The number of hydrogen-bond donors (Lipinski definition) is 1. The third-order valence-corrected chi connectivity index (χ3v) is 4.12. The van der Waals surface area contributed by atoms with E-state index in [1.807, 2.05) is 11.9 Å². The summed E-state index contributed by atoms with van der Waals surface area (Å²) in [4.78, 5) is 13.9. The summed E-state index contributed by atoms with van der Waals surface area (Å²) in [6, 6.07) is 4.97. The summed E-state index contributed by atoms with van der Waals surface area (Å²) < 4.78 is 5.46. The molecule has 0 unspecified atom stereocenters. The molecule has 2 rings (SSSR count). The van der Waals surface area contributed by atoms with Gasteiger partial charge in [-0.1, -0.05) is 23.2 Å². The van der Waals surface area contributed by atoms with Gasteiger partial charge in [-0.25, -0.2) is 0 Å². The maximum absolute atomic E-state index is 12.0. The van der Waals surface area contributed by atoms with Crippen LogP contribution in [-0.4, -0.2) is 44.1 Å². The van der Waals surface area contributed by atoms with Crippen LogP contribution in [0.5, 0.6) is 5.75 Å². The lowest BCUT2D eigenvalue weighted by Crippen LogP contribution is -2.34. The fraction of sp³-hybridized carbons (Fsp3) is 0.500. The number of carbonyl (C=O) groups excluding carboxylic acids is 1. The summed E-state index contributed by atoms with van der Waals surface area (Å²) in [5, 5.41) is 4.04. The molecule has 1 fully saturated rings. The lowest BCUT2D eigenvalue weighted by molar-refractivity contribution is -0.132. The first-order valence-corrected chi connectivity index (χ1v) is 7.36. The molecule has 0 aromatic heterocycles. The van der Waals surface area contributed by atoms with E-state index in [-0.39, 0.29) is 12.5 Å². The SMILES string of the molecule is CNC[C@@H]1CCN(C(=O)COc2ccc(Cl)c(Cl)c2)C1. The highest BCUT2D eigenvalue weighted by Gasteiger charge is 2.25. The van der Waals surface area contributed by atoms with Gasteiger partial charge in [-0.2, -0.15) is 0 Å². The molecule has 20 heavy (non-hydrogen) atoms. The monoisotopic (exact) mass is 316 g/mol. The maximum atomic E-state index is 12.0. The van der Waals surface area contributed by atoms with Crippen molar-refractivity contribution in [3.05, 3.63) is 28.2 Å². The second-order valence-electron chi connectivity index (χ2n) is 4.92. The van der Waals surface area contributed by atoms with Crippen molar-refractivity contribution in [1.29, 1.82) is 0 Å². The van der Waals surface area contributed by atoms with Gasteiger partial charge >= 0.3 is 0 Å². The van der Waals surface area contributed by atoms with E-state index in [1.165, 1.54) is 0 Å². The van der Waals surface area contributed by atoms with E-state index >= 15 is 0 Å². The molecule has 1 heterocycles. The summed E-state index contributed by atoms with van der Waals surface area (Å²) in [7, 11) is 1.93. The Morgan fingerprint density at radius 1 is 1.45 bits per heavy atom. The highest BCUT2D eigenvalue weighted by molar-refractivity contribution is 6.42. The Labute approximate surface area is 129 Å². The van der Waals surface area contributed by atoms with Crippen molar-refractivity contribution in [3.63, 3.8) is 0 Å². The molecule has 0 aliphatic carbocycles. The summed E-state index contributed by atoms with van der Waals surface area (Å²) in [5.74, 6) is 1.10. The molecule has 1 amide bonds. The molecule has 1 aromatic rings. The van der Waals surface area contributed by atoms with Crippen molar-refractivity contribution in [1.82, 2.24) is 10.2 Å². The van der Waals surface area contributed by atoms with E-state index in [0.717, 1.165) is 26.1 Å². The van der Waals surface area contributed by atoms with Gasteiger partial charge in [0.1, 0.15) is 5.75 Å².